The number of carbonyl (C=O) groups excluding carboxylic acids is 1. The van der Waals surface area contributed by atoms with Crippen molar-refractivity contribution < 1.29 is 14.3 Å². The number of para-hydroxylation sites is 2. The van der Waals surface area contributed by atoms with Crippen molar-refractivity contribution in [3.05, 3.63) is 52.5 Å². The highest BCUT2D eigenvalue weighted by Crippen LogP contribution is 2.32. The lowest BCUT2D eigenvalue weighted by Gasteiger charge is -2.31. The van der Waals surface area contributed by atoms with E-state index in [0.29, 0.717) is 34.7 Å². The van der Waals surface area contributed by atoms with Gasteiger partial charge in [-0.15, -0.1) is 0 Å². The smallest absolute Gasteiger partial charge is 0.267 e. The van der Waals surface area contributed by atoms with Crippen molar-refractivity contribution in [2.45, 2.75) is 13.0 Å². The van der Waals surface area contributed by atoms with E-state index >= 15 is 0 Å². The van der Waals surface area contributed by atoms with Gasteiger partial charge in [0.05, 0.1) is 17.3 Å². The molecule has 1 atom stereocenters. The van der Waals surface area contributed by atoms with Crippen molar-refractivity contribution in [2.24, 2.45) is 0 Å². The van der Waals surface area contributed by atoms with Gasteiger partial charge in [-0.05, 0) is 37.3 Å². The van der Waals surface area contributed by atoms with Crippen molar-refractivity contribution in [3.63, 3.8) is 0 Å². The summed E-state index contributed by atoms with van der Waals surface area (Å²) >= 11 is 12.0. The minimum atomic E-state index is -0.681. The molecular formula is C17H15Cl2NO3. The van der Waals surface area contributed by atoms with Crippen LogP contribution in [-0.2, 0) is 4.79 Å². The van der Waals surface area contributed by atoms with Crippen molar-refractivity contribution in [1.82, 2.24) is 0 Å². The van der Waals surface area contributed by atoms with Crippen LogP contribution in [0.5, 0.6) is 11.5 Å². The number of halogens is 2. The van der Waals surface area contributed by atoms with Crippen LogP contribution >= 0.6 is 23.2 Å². The van der Waals surface area contributed by atoms with Crippen LogP contribution in [-0.4, -0.2) is 25.2 Å². The molecule has 4 nitrogen and oxygen atoms in total. The summed E-state index contributed by atoms with van der Waals surface area (Å²) < 4.78 is 11.3. The van der Waals surface area contributed by atoms with Gasteiger partial charge in [-0.2, -0.15) is 0 Å². The lowest BCUT2D eigenvalue weighted by Crippen LogP contribution is -2.44. The highest BCUT2D eigenvalue weighted by molar-refractivity contribution is 6.35. The second-order valence-corrected chi connectivity index (χ2v) is 5.98. The minimum Gasteiger partial charge on any atom is -0.490 e. The van der Waals surface area contributed by atoms with Gasteiger partial charge in [0.25, 0.3) is 5.91 Å². The topological polar surface area (TPSA) is 38.8 Å². The van der Waals surface area contributed by atoms with E-state index < -0.39 is 6.10 Å². The molecule has 23 heavy (non-hydrogen) atoms. The monoisotopic (exact) mass is 351 g/mol. The average Bonchev–Trinajstić information content (AvgIpc) is 2.56. The summed E-state index contributed by atoms with van der Waals surface area (Å²) in [6.07, 6.45) is -0.681. The van der Waals surface area contributed by atoms with Gasteiger partial charge >= 0.3 is 0 Å². The molecule has 1 aliphatic rings. The molecule has 0 saturated carbocycles. The van der Waals surface area contributed by atoms with Crippen LogP contribution in [0.15, 0.2) is 42.5 Å². The van der Waals surface area contributed by atoms with Gasteiger partial charge in [0.2, 0.25) is 0 Å². The van der Waals surface area contributed by atoms with Crippen LogP contribution < -0.4 is 14.4 Å². The third-order valence-corrected chi connectivity index (χ3v) is 4.07. The molecule has 6 heteroatoms. The number of ether oxygens (including phenoxy) is 2. The molecule has 1 amide bonds. The van der Waals surface area contributed by atoms with Gasteiger partial charge in [-0.3, -0.25) is 4.79 Å². The largest absolute Gasteiger partial charge is 0.490 e. The van der Waals surface area contributed by atoms with Crippen molar-refractivity contribution in [1.29, 1.82) is 0 Å². The normalized spacial score (nSPS) is 14.7. The van der Waals surface area contributed by atoms with Gasteiger partial charge in [0.1, 0.15) is 18.1 Å². The molecule has 0 aliphatic carbocycles. The lowest BCUT2D eigenvalue weighted by molar-refractivity contribution is -0.124. The molecule has 0 saturated heterocycles. The van der Waals surface area contributed by atoms with E-state index in [-0.39, 0.29) is 5.91 Å². The van der Waals surface area contributed by atoms with Gasteiger partial charge in [0.15, 0.2) is 6.10 Å². The van der Waals surface area contributed by atoms with Crippen LogP contribution in [0, 0.1) is 0 Å². The first-order valence-electron chi connectivity index (χ1n) is 7.21. The minimum absolute atomic E-state index is 0.147. The van der Waals surface area contributed by atoms with Crippen LogP contribution in [0.1, 0.15) is 6.92 Å². The van der Waals surface area contributed by atoms with E-state index in [1.54, 1.807) is 30.0 Å². The SMILES string of the molecule is CC(Oc1ccc(Cl)cc1Cl)C(=O)N1CCOc2ccccc21. The summed E-state index contributed by atoms with van der Waals surface area (Å²) in [6.45, 7) is 2.64. The number of carbonyl (C=O) groups is 1. The molecule has 1 heterocycles. The number of nitrogens with zero attached hydrogens (tertiary/aromatic N) is 1. The summed E-state index contributed by atoms with van der Waals surface area (Å²) in [6, 6.07) is 12.4. The molecule has 0 bridgehead atoms. The first kappa shape index (κ1) is 16.0. The van der Waals surface area contributed by atoms with Gasteiger partial charge in [-0.1, -0.05) is 35.3 Å². The Morgan fingerprint density at radius 3 is 2.83 bits per heavy atom. The molecule has 1 unspecified atom stereocenters. The molecule has 120 valence electrons. The summed E-state index contributed by atoms with van der Waals surface area (Å²) in [5.74, 6) is 0.981. The van der Waals surface area contributed by atoms with Crippen LogP contribution in [0.4, 0.5) is 5.69 Å². The van der Waals surface area contributed by atoms with Crippen LogP contribution in [0.25, 0.3) is 0 Å². The summed E-state index contributed by atoms with van der Waals surface area (Å²) in [5.41, 5.74) is 0.751. The maximum atomic E-state index is 12.7. The second kappa shape index (κ2) is 6.69. The van der Waals surface area contributed by atoms with Gasteiger partial charge in [-0.25, -0.2) is 0 Å². The maximum absolute atomic E-state index is 12.7. The lowest BCUT2D eigenvalue weighted by atomic mass is 10.2. The highest BCUT2D eigenvalue weighted by atomic mass is 35.5. The maximum Gasteiger partial charge on any atom is 0.267 e. The van der Waals surface area contributed by atoms with Gasteiger partial charge in [0, 0.05) is 5.02 Å². The first-order valence-corrected chi connectivity index (χ1v) is 7.97. The molecular weight excluding hydrogens is 337 g/mol. The predicted molar refractivity (Wildman–Crippen MR) is 90.8 cm³/mol. The first-order chi connectivity index (χ1) is 11.1. The summed E-state index contributed by atoms with van der Waals surface area (Å²) in [7, 11) is 0. The Morgan fingerprint density at radius 2 is 2.04 bits per heavy atom. The molecule has 3 rings (SSSR count). The Bertz CT molecular complexity index is 736. The fourth-order valence-corrected chi connectivity index (χ4v) is 2.88. The Morgan fingerprint density at radius 1 is 1.26 bits per heavy atom. The third kappa shape index (κ3) is 3.38. The van der Waals surface area contributed by atoms with Crippen molar-refractivity contribution in [2.75, 3.05) is 18.1 Å². The zero-order valence-electron chi connectivity index (χ0n) is 12.5. The van der Waals surface area contributed by atoms with Gasteiger partial charge < -0.3 is 14.4 Å². The molecule has 2 aromatic rings. The summed E-state index contributed by atoms with van der Waals surface area (Å²) in [4.78, 5) is 14.4. The molecule has 1 aliphatic heterocycles. The molecule has 0 radical (unpaired) electrons. The third-order valence-electron chi connectivity index (χ3n) is 3.54. The second-order valence-electron chi connectivity index (χ2n) is 5.14. The number of hydrogen-bond donors (Lipinski definition) is 0. The highest BCUT2D eigenvalue weighted by Gasteiger charge is 2.28. The van der Waals surface area contributed by atoms with Crippen molar-refractivity contribution in [3.8, 4) is 11.5 Å². The standard InChI is InChI=1S/C17H15Cl2NO3/c1-11(23-15-7-6-12(18)10-13(15)19)17(21)20-8-9-22-16-5-3-2-4-14(16)20/h2-7,10-11H,8-9H2,1H3. The van der Waals surface area contributed by atoms with E-state index in [9.17, 15) is 4.79 Å². The van der Waals surface area contributed by atoms with E-state index in [1.165, 1.54) is 0 Å². The van der Waals surface area contributed by atoms with E-state index in [1.807, 2.05) is 24.3 Å². The zero-order chi connectivity index (χ0) is 16.4. The number of rotatable bonds is 3. The molecule has 0 N–H and O–H groups in total. The summed E-state index contributed by atoms with van der Waals surface area (Å²) in [5, 5.41) is 0.892. The van der Waals surface area contributed by atoms with Crippen LogP contribution in [0.2, 0.25) is 10.0 Å². The number of fused-ring (bicyclic) bond motifs is 1. The Labute approximate surface area is 144 Å². The van der Waals surface area contributed by atoms with Crippen LogP contribution in [0.3, 0.4) is 0 Å². The van der Waals surface area contributed by atoms with E-state index in [2.05, 4.69) is 0 Å². The van der Waals surface area contributed by atoms with E-state index in [0.717, 1.165) is 5.69 Å². The Balaban J connectivity index is 1.78. The quantitative estimate of drug-likeness (QED) is 0.832. The number of amides is 1. The fourth-order valence-electron chi connectivity index (χ4n) is 2.43. The predicted octanol–water partition coefficient (Wildman–Crippen LogP) is 4.19. The van der Waals surface area contributed by atoms with Crippen molar-refractivity contribution >= 4 is 34.8 Å². The Hall–Kier alpha value is -1.91. The molecule has 2 aromatic carbocycles. The molecule has 0 spiro atoms. The zero-order valence-corrected chi connectivity index (χ0v) is 14.0. The molecule has 0 aromatic heterocycles. The molecule has 0 fully saturated rings. The Kier molecular flexibility index (Phi) is 4.64. The fraction of sp³-hybridized carbons (Fsp3) is 0.235. The number of anilines is 1. The number of hydrogen-bond acceptors (Lipinski definition) is 3. The average molecular weight is 352 g/mol. The van der Waals surface area contributed by atoms with E-state index in [4.69, 9.17) is 32.7 Å². The number of benzene rings is 2.